The number of carbonyl (C=O) groups is 1. The number of hydrogen-bond acceptors (Lipinski definition) is 3. The Morgan fingerprint density at radius 2 is 2.00 bits per heavy atom. The van der Waals surface area contributed by atoms with Crippen molar-refractivity contribution in [3.8, 4) is 0 Å². The van der Waals surface area contributed by atoms with Gasteiger partial charge in [-0.3, -0.25) is 0 Å². The fraction of sp³-hybridized carbons (Fsp3) is 0. The summed E-state index contributed by atoms with van der Waals surface area (Å²) in [4.78, 5) is 25.7. The molecule has 2 rings (SSSR count). The molecular weight excluding hydrogens is 156 g/mol. The van der Waals surface area contributed by atoms with E-state index in [1.807, 2.05) is 0 Å². The molecule has 0 radical (unpaired) electrons. The van der Waals surface area contributed by atoms with Crippen molar-refractivity contribution in [3.63, 3.8) is 0 Å². The SMILES string of the molecule is O=C1C=Nc2ccccc2[N+]1=O. The number of amides is 1. The number of para-hydroxylation sites is 2. The lowest BCUT2D eigenvalue weighted by molar-refractivity contribution is -0.377. The van der Waals surface area contributed by atoms with Gasteiger partial charge in [0, 0.05) is 11.0 Å². The van der Waals surface area contributed by atoms with E-state index >= 15 is 0 Å². The molecule has 1 aliphatic heterocycles. The zero-order valence-electron chi connectivity index (χ0n) is 6.10. The second-order valence-electron chi connectivity index (χ2n) is 2.38. The molecule has 0 aromatic heterocycles. The average Bonchev–Trinajstić information content (AvgIpc) is 2.12. The van der Waals surface area contributed by atoms with Crippen LogP contribution in [-0.2, 0) is 4.79 Å². The first-order valence-electron chi connectivity index (χ1n) is 3.43. The fourth-order valence-electron chi connectivity index (χ4n) is 1.04. The number of nitrogens with zero attached hydrogens (tertiary/aromatic N) is 2. The van der Waals surface area contributed by atoms with Crippen molar-refractivity contribution >= 4 is 23.5 Å². The van der Waals surface area contributed by atoms with Gasteiger partial charge >= 0.3 is 5.91 Å². The van der Waals surface area contributed by atoms with Crippen LogP contribution in [0.3, 0.4) is 0 Å². The molecular formula is C8H5N2O2+. The van der Waals surface area contributed by atoms with E-state index in [0.717, 1.165) is 6.21 Å². The predicted octanol–water partition coefficient (Wildman–Crippen LogP) is 1.34. The standard InChI is InChI=1S/C8H5N2O2/c11-8-5-9-6-3-1-2-4-7(6)10(8)12/h1-5H/q+1. The first-order valence-corrected chi connectivity index (χ1v) is 3.43. The molecule has 58 valence electrons. The van der Waals surface area contributed by atoms with Gasteiger partial charge in [0.2, 0.25) is 0 Å². The van der Waals surface area contributed by atoms with E-state index < -0.39 is 5.91 Å². The largest absolute Gasteiger partial charge is 0.482 e. The lowest BCUT2D eigenvalue weighted by atomic mass is 10.2. The molecule has 1 heterocycles. The third kappa shape index (κ3) is 0.852. The summed E-state index contributed by atoms with van der Waals surface area (Å²) in [5, 5.41) is 0. The Bertz CT molecular complexity index is 396. The minimum absolute atomic E-state index is 0.310. The van der Waals surface area contributed by atoms with Gasteiger partial charge in [0.1, 0.15) is 16.7 Å². The highest BCUT2D eigenvalue weighted by Crippen LogP contribution is 2.28. The van der Waals surface area contributed by atoms with Gasteiger partial charge in [0.05, 0.1) is 0 Å². The van der Waals surface area contributed by atoms with Crippen molar-refractivity contribution in [1.82, 2.24) is 0 Å². The van der Waals surface area contributed by atoms with Crippen LogP contribution in [0.2, 0.25) is 0 Å². The maximum Gasteiger partial charge on any atom is 0.482 e. The molecule has 0 saturated carbocycles. The molecule has 1 amide bonds. The lowest BCUT2D eigenvalue weighted by Gasteiger charge is -1.97. The van der Waals surface area contributed by atoms with Crippen molar-refractivity contribution in [2.24, 2.45) is 4.99 Å². The number of benzene rings is 1. The van der Waals surface area contributed by atoms with Gasteiger partial charge in [0.25, 0.3) is 5.69 Å². The molecule has 4 nitrogen and oxygen atoms in total. The van der Waals surface area contributed by atoms with E-state index in [-0.39, 0.29) is 0 Å². The smallest absolute Gasteiger partial charge is 0.239 e. The van der Waals surface area contributed by atoms with Crippen molar-refractivity contribution in [1.29, 1.82) is 0 Å². The third-order valence-electron chi connectivity index (χ3n) is 1.61. The number of fused-ring (bicyclic) bond motifs is 1. The summed E-state index contributed by atoms with van der Waals surface area (Å²) in [6, 6.07) is 6.71. The van der Waals surface area contributed by atoms with E-state index in [4.69, 9.17) is 0 Å². The highest BCUT2D eigenvalue weighted by Gasteiger charge is 2.30. The molecule has 0 saturated heterocycles. The molecule has 0 atom stereocenters. The van der Waals surface area contributed by atoms with E-state index in [1.165, 1.54) is 0 Å². The molecule has 0 bridgehead atoms. The number of carbonyl (C=O) groups excluding carboxylic acids is 1. The number of rotatable bonds is 0. The zero-order chi connectivity index (χ0) is 8.55. The van der Waals surface area contributed by atoms with Crippen molar-refractivity contribution in [2.45, 2.75) is 0 Å². The second kappa shape index (κ2) is 2.34. The fourth-order valence-corrected chi connectivity index (χ4v) is 1.04. The minimum Gasteiger partial charge on any atom is -0.239 e. The summed E-state index contributed by atoms with van der Waals surface area (Å²) in [5.41, 5.74) is 0.845. The van der Waals surface area contributed by atoms with Gasteiger partial charge in [-0.25, -0.2) is 9.79 Å². The predicted molar refractivity (Wildman–Crippen MR) is 42.9 cm³/mol. The highest BCUT2D eigenvalue weighted by molar-refractivity contribution is 6.24. The van der Waals surface area contributed by atoms with Crippen molar-refractivity contribution in [3.05, 3.63) is 29.2 Å². The van der Waals surface area contributed by atoms with Crippen LogP contribution in [0.5, 0.6) is 0 Å². The molecule has 1 aromatic carbocycles. The quantitative estimate of drug-likeness (QED) is 0.539. The van der Waals surface area contributed by atoms with Crippen molar-refractivity contribution in [2.75, 3.05) is 0 Å². The number of hydrogen-bond donors (Lipinski definition) is 0. The van der Waals surface area contributed by atoms with Crippen LogP contribution in [-0.4, -0.2) is 16.9 Å². The first kappa shape index (κ1) is 6.84. The van der Waals surface area contributed by atoms with Crippen LogP contribution in [0.4, 0.5) is 11.4 Å². The van der Waals surface area contributed by atoms with Crippen molar-refractivity contribution < 1.29 is 9.55 Å². The van der Waals surface area contributed by atoms with E-state index in [1.54, 1.807) is 24.3 Å². The number of aliphatic imine (C=N–C) groups is 1. The second-order valence-corrected chi connectivity index (χ2v) is 2.38. The van der Waals surface area contributed by atoms with Gasteiger partial charge < -0.3 is 0 Å². The maximum absolute atomic E-state index is 11.1. The summed E-state index contributed by atoms with van der Waals surface area (Å²) >= 11 is 0. The van der Waals surface area contributed by atoms with E-state index in [0.29, 0.717) is 16.1 Å². The summed E-state index contributed by atoms with van der Waals surface area (Å²) in [5.74, 6) is -0.631. The van der Waals surface area contributed by atoms with Gasteiger partial charge in [-0.15, -0.1) is 0 Å². The summed E-state index contributed by atoms with van der Waals surface area (Å²) in [6.07, 6.45) is 1.02. The molecule has 0 N–H and O–H groups in total. The average molecular weight is 161 g/mol. The maximum atomic E-state index is 11.1. The van der Waals surface area contributed by atoms with Crippen LogP contribution in [0, 0.1) is 4.91 Å². The Morgan fingerprint density at radius 3 is 2.83 bits per heavy atom. The van der Waals surface area contributed by atoms with Crippen LogP contribution < -0.4 is 0 Å². The molecule has 1 aromatic rings. The van der Waals surface area contributed by atoms with Gasteiger partial charge in [0.15, 0.2) is 0 Å². The van der Waals surface area contributed by atoms with Gasteiger partial charge in [-0.05, 0) is 6.07 Å². The molecule has 0 fully saturated rings. The first-order chi connectivity index (χ1) is 5.79. The van der Waals surface area contributed by atoms with Crippen LogP contribution in [0.25, 0.3) is 0 Å². The lowest BCUT2D eigenvalue weighted by Crippen LogP contribution is -2.16. The molecule has 0 spiro atoms. The monoisotopic (exact) mass is 161 g/mol. The summed E-state index contributed by atoms with van der Waals surface area (Å²) in [6.45, 7) is 0. The minimum atomic E-state index is -0.631. The van der Waals surface area contributed by atoms with Gasteiger partial charge in [-0.2, -0.15) is 0 Å². The summed E-state index contributed by atoms with van der Waals surface area (Å²) in [7, 11) is 0. The molecule has 0 aliphatic carbocycles. The third-order valence-corrected chi connectivity index (χ3v) is 1.61. The topological polar surface area (TPSA) is 49.5 Å². The summed E-state index contributed by atoms with van der Waals surface area (Å²) < 4.78 is 0.336. The van der Waals surface area contributed by atoms with Crippen LogP contribution in [0.15, 0.2) is 29.3 Å². The Hall–Kier alpha value is -1.84. The Kier molecular flexibility index (Phi) is 1.33. The highest BCUT2D eigenvalue weighted by atomic mass is 16.3. The normalized spacial score (nSPS) is 14.7. The molecule has 1 aliphatic rings. The zero-order valence-corrected chi connectivity index (χ0v) is 6.10. The Balaban J connectivity index is 2.67. The molecule has 0 unspecified atom stereocenters. The van der Waals surface area contributed by atoms with E-state index in [9.17, 15) is 9.70 Å². The van der Waals surface area contributed by atoms with Crippen LogP contribution >= 0.6 is 0 Å². The van der Waals surface area contributed by atoms with Gasteiger partial charge in [-0.1, -0.05) is 12.1 Å². The Labute approximate surface area is 68.1 Å². The molecule has 12 heavy (non-hydrogen) atoms. The number of nitroso groups, excluding NO2 is 1. The van der Waals surface area contributed by atoms with Crippen LogP contribution in [0.1, 0.15) is 0 Å². The Morgan fingerprint density at radius 1 is 1.25 bits per heavy atom. The molecule has 4 heteroatoms. The van der Waals surface area contributed by atoms with E-state index in [2.05, 4.69) is 4.99 Å².